The summed E-state index contributed by atoms with van der Waals surface area (Å²) in [4.78, 5) is 14.7. The molecule has 26 heavy (non-hydrogen) atoms. The maximum atomic E-state index is 12.9. The molecule has 0 saturated heterocycles. The Labute approximate surface area is 163 Å². The lowest BCUT2D eigenvalue weighted by Gasteiger charge is -2.22. The fourth-order valence-electron chi connectivity index (χ4n) is 3.03. The van der Waals surface area contributed by atoms with E-state index in [1.807, 2.05) is 6.07 Å². The van der Waals surface area contributed by atoms with Crippen molar-refractivity contribution in [3.05, 3.63) is 63.1 Å². The quantitative estimate of drug-likeness (QED) is 0.826. The fraction of sp³-hybridized carbons (Fsp3) is 0.278. The molecule has 1 amide bonds. The molecule has 1 aliphatic rings. The van der Waals surface area contributed by atoms with Crippen LogP contribution in [0.4, 0.5) is 5.69 Å². The van der Waals surface area contributed by atoms with Crippen molar-refractivity contribution in [2.75, 3.05) is 17.5 Å². The van der Waals surface area contributed by atoms with Crippen LogP contribution in [0, 0.1) is 0 Å². The van der Waals surface area contributed by atoms with Gasteiger partial charge < -0.3 is 4.90 Å². The summed E-state index contributed by atoms with van der Waals surface area (Å²) < 4.78 is 25.3. The van der Waals surface area contributed by atoms with Crippen molar-refractivity contribution in [3.8, 4) is 0 Å². The maximum absolute atomic E-state index is 12.9. The second kappa shape index (κ2) is 7.47. The number of benzene rings is 2. The predicted octanol–water partition coefficient (Wildman–Crippen LogP) is 3.95. The van der Waals surface area contributed by atoms with Crippen LogP contribution in [0.5, 0.6) is 0 Å². The van der Waals surface area contributed by atoms with Crippen LogP contribution < -0.4 is 4.72 Å². The number of aryl methyl sites for hydroxylation is 1. The molecular formula is C18H18Cl2N2O3S. The zero-order valence-corrected chi connectivity index (χ0v) is 16.5. The van der Waals surface area contributed by atoms with Gasteiger partial charge in [0.15, 0.2) is 0 Å². The van der Waals surface area contributed by atoms with E-state index < -0.39 is 10.0 Å². The third-order valence-corrected chi connectivity index (χ3v) is 5.37. The largest absolute Gasteiger partial charge is 0.334 e. The van der Waals surface area contributed by atoms with Gasteiger partial charge in [-0.05, 0) is 54.3 Å². The Morgan fingerprint density at radius 2 is 1.92 bits per heavy atom. The number of fused-ring (bicyclic) bond motifs is 1. The van der Waals surface area contributed by atoms with Crippen LogP contribution in [0.1, 0.15) is 27.9 Å². The highest BCUT2D eigenvalue weighted by molar-refractivity contribution is 7.92. The summed E-state index contributed by atoms with van der Waals surface area (Å²) in [6.45, 7) is 0.999. The van der Waals surface area contributed by atoms with Gasteiger partial charge in [-0.3, -0.25) is 9.52 Å². The van der Waals surface area contributed by atoms with E-state index in [2.05, 4.69) is 4.72 Å². The van der Waals surface area contributed by atoms with Gasteiger partial charge in [0.2, 0.25) is 10.0 Å². The van der Waals surface area contributed by atoms with Gasteiger partial charge in [-0.2, -0.15) is 0 Å². The number of rotatable bonds is 4. The minimum absolute atomic E-state index is 0.0885. The highest BCUT2D eigenvalue weighted by Gasteiger charge is 2.23. The summed E-state index contributed by atoms with van der Waals surface area (Å²) in [6.07, 6.45) is 2.58. The molecule has 1 N–H and O–H groups in total. The van der Waals surface area contributed by atoms with Gasteiger partial charge in [0.25, 0.3) is 5.91 Å². The second-order valence-electron chi connectivity index (χ2n) is 6.31. The van der Waals surface area contributed by atoms with Gasteiger partial charge in [0.1, 0.15) is 0 Å². The normalized spacial score (nSPS) is 14.7. The molecule has 5 nitrogen and oxygen atoms in total. The molecule has 0 bridgehead atoms. The highest BCUT2D eigenvalue weighted by atomic mass is 35.5. The number of carbonyl (C=O) groups is 1. The molecule has 0 radical (unpaired) electrons. The van der Waals surface area contributed by atoms with Gasteiger partial charge in [-0.1, -0.05) is 29.3 Å². The summed E-state index contributed by atoms with van der Waals surface area (Å²) >= 11 is 12.2. The molecule has 1 aliphatic heterocycles. The van der Waals surface area contributed by atoms with E-state index in [4.69, 9.17) is 23.2 Å². The molecule has 8 heteroatoms. The minimum atomic E-state index is -3.36. The number of nitrogens with one attached hydrogen (secondary N) is 1. The van der Waals surface area contributed by atoms with E-state index >= 15 is 0 Å². The van der Waals surface area contributed by atoms with Crippen LogP contribution in [0.3, 0.4) is 0 Å². The lowest BCUT2D eigenvalue weighted by Crippen LogP contribution is -2.30. The predicted molar refractivity (Wildman–Crippen MR) is 104 cm³/mol. The molecule has 0 aromatic heterocycles. The molecule has 1 heterocycles. The first kappa shape index (κ1) is 19.0. The first-order valence-corrected chi connectivity index (χ1v) is 10.7. The van der Waals surface area contributed by atoms with E-state index in [9.17, 15) is 13.2 Å². The second-order valence-corrected chi connectivity index (χ2v) is 8.90. The van der Waals surface area contributed by atoms with Crippen LogP contribution >= 0.6 is 23.2 Å². The zero-order valence-electron chi connectivity index (χ0n) is 14.1. The highest BCUT2D eigenvalue weighted by Crippen LogP contribution is 2.26. The first-order valence-electron chi connectivity index (χ1n) is 8.07. The molecule has 0 aliphatic carbocycles. The Balaban J connectivity index is 1.86. The van der Waals surface area contributed by atoms with Crippen molar-refractivity contribution in [2.45, 2.75) is 19.4 Å². The fourth-order valence-corrected chi connectivity index (χ4v) is 4.05. The van der Waals surface area contributed by atoms with E-state index in [-0.39, 0.29) is 5.91 Å². The molecule has 138 valence electrons. The Morgan fingerprint density at radius 3 is 2.62 bits per heavy atom. The monoisotopic (exact) mass is 412 g/mol. The summed E-state index contributed by atoms with van der Waals surface area (Å²) in [7, 11) is -3.36. The lowest BCUT2D eigenvalue weighted by atomic mass is 10.0. The number of anilines is 1. The maximum Gasteiger partial charge on any atom is 0.254 e. The molecule has 3 rings (SSSR count). The third kappa shape index (κ3) is 4.50. The number of sulfonamides is 1. The van der Waals surface area contributed by atoms with Gasteiger partial charge in [-0.15, -0.1) is 0 Å². The van der Waals surface area contributed by atoms with Crippen molar-refractivity contribution in [2.24, 2.45) is 0 Å². The summed E-state index contributed by atoms with van der Waals surface area (Å²) in [5.74, 6) is -0.0885. The lowest BCUT2D eigenvalue weighted by molar-refractivity contribution is 0.0749. The first-order chi connectivity index (χ1) is 12.2. The number of hydrogen-bond acceptors (Lipinski definition) is 3. The smallest absolute Gasteiger partial charge is 0.254 e. The number of hydrogen-bond donors (Lipinski definition) is 1. The van der Waals surface area contributed by atoms with Crippen LogP contribution in [0.25, 0.3) is 0 Å². The Morgan fingerprint density at radius 1 is 1.15 bits per heavy atom. The molecule has 0 spiro atoms. The molecule has 2 aromatic carbocycles. The van der Waals surface area contributed by atoms with Gasteiger partial charge in [-0.25, -0.2) is 8.42 Å². The summed E-state index contributed by atoms with van der Waals surface area (Å²) in [5.41, 5.74) is 2.73. The van der Waals surface area contributed by atoms with Crippen molar-refractivity contribution in [1.29, 1.82) is 0 Å². The molecule has 2 aromatic rings. The van der Waals surface area contributed by atoms with Crippen molar-refractivity contribution in [3.63, 3.8) is 0 Å². The van der Waals surface area contributed by atoms with Crippen LogP contribution in [-0.2, 0) is 23.0 Å². The number of amides is 1. The molecule has 0 fully saturated rings. The van der Waals surface area contributed by atoms with Gasteiger partial charge >= 0.3 is 0 Å². The number of carbonyl (C=O) groups excluding carboxylic acids is 1. The van der Waals surface area contributed by atoms with Crippen molar-refractivity contribution < 1.29 is 13.2 Å². The third-order valence-electron chi connectivity index (χ3n) is 4.18. The standard InChI is InChI=1S/C18H18Cl2N2O3S/c1-26(24,25)21-15-6-7-16-12(9-15)3-2-8-22(18(16)23)11-13-4-5-14(19)10-17(13)20/h4-7,9-10,21H,2-3,8,11H2,1H3. The van der Waals surface area contributed by atoms with Gasteiger partial charge in [0, 0.05) is 34.4 Å². The van der Waals surface area contributed by atoms with E-state index in [1.54, 1.807) is 35.2 Å². The minimum Gasteiger partial charge on any atom is -0.334 e. The molecule has 0 saturated carbocycles. The van der Waals surface area contributed by atoms with E-state index in [1.165, 1.54) is 0 Å². The molecule has 0 atom stereocenters. The van der Waals surface area contributed by atoms with Crippen molar-refractivity contribution >= 4 is 44.8 Å². The average Bonchev–Trinajstić information content (AvgIpc) is 2.68. The topological polar surface area (TPSA) is 66.5 Å². The van der Waals surface area contributed by atoms with E-state index in [0.717, 1.165) is 23.8 Å². The summed E-state index contributed by atoms with van der Waals surface area (Å²) in [6, 6.07) is 10.2. The van der Waals surface area contributed by atoms with E-state index in [0.29, 0.717) is 40.8 Å². The van der Waals surface area contributed by atoms with Crippen LogP contribution in [-0.4, -0.2) is 32.0 Å². The Hall–Kier alpha value is -1.76. The Bertz CT molecular complexity index is 961. The molecular weight excluding hydrogens is 395 g/mol. The van der Waals surface area contributed by atoms with Crippen LogP contribution in [0.2, 0.25) is 10.0 Å². The van der Waals surface area contributed by atoms with Crippen LogP contribution in [0.15, 0.2) is 36.4 Å². The zero-order chi connectivity index (χ0) is 18.9. The SMILES string of the molecule is CS(=O)(=O)Nc1ccc2c(c1)CCCN(Cc1ccc(Cl)cc1Cl)C2=O. The number of halogens is 2. The Kier molecular flexibility index (Phi) is 5.46. The average molecular weight is 413 g/mol. The number of nitrogens with zero attached hydrogens (tertiary/aromatic N) is 1. The molecule has 0 unspecified atom stereocenters. The van der Waals surface area contributed by atoms with Gasteiger partial charge in [0.05, 0.1) is 6.26 Å². The summed E-state index contributed by atoms with van der Waals surface area (Å²) in [5, 5.41) is 1.08. The van der Waals surface area contributed by atoms with Crippen molar-refractivity contribution in [1.82, 2.24) is 4.90 Å².